The molecular weight excluding hydrogens is 312 g/mol. The number of hydrogen-bond donors (Lipinski definition) is 1. The Morgan fingerprint density at radius 2 is 1.88 bits per heavy atom. The normalized spacial score (nSPS) is 15.3. The molecule has 0 aromatic heterocycles. The molecule has 0 fully saturated rings. The molecule has 4 nitrogen and oxygen atoms in total. The van der Waals surface area contributed by atoms with Crippen LogP contribution < -0.4 is 10.1 Å². The third kappa shape index (κ3) is 4.40. The molecule has 1 aliphatic rings. The third-order valence-electron chi connectivity index (χ3n) is 4.96. The lowest BCUT2D eigenvalue weighted by Gasteiger charge is -2.32. The maximum Gasteiger partial charge on any atom is 0.237 e. The summed E-state index contributed by atoms with van der Waals surface area (Å²) < 4.78 is 5.16. The number of rotatable bonds is 6. The Kier molecular flexibility index (Phi) is 5.71. The zero-order chi connectivity index (χ0) is 17.6. The van der Waals surface area contributed by atoms with Crippen LogP contribution in [0.25, 0.3) is 0 Å². The predicted octanol–water partition coefficient (Wildman–Crippen LogP) is 2.80. The van der Waals surface area contributed by atoms with E-state index in [0.29, 0.717) is 6.54 Å². The summed E-state index contributed by atoms with van der Waals surface area (Å²) in [6.45, 7) is 4.43. The molecule has 2 aromatic carbocycles. The highest BCUT2D eigenvalue weighted by Gasteiger charge is 2.24. The zero-order valence-electron chi connectivity index (χ0n) is 15.0. The van der Waals surface area contributed by atoms with E-state index >= 15 is 0 Å². The monoisotopic (exact) mass is 338 g/mol. The fraction of sp³-hybridized carbons (Fsp3) is 0.381. The highest BCUT2D eigenvalue weighted by Crippen LogP contribution is 2.20. The van der Waals surface area contributed by atoms with Crippen molar-refractivity contribution in [1.82, 2.24) is 10.2 Å². The Morgan fingerprint density at radius 1 is 1.16 bits per heavy atom. The lowest BCUT2D eigenvalue weighted by molar-refractivity contribution is -0.126. The molecule has 1 heterocycles. The van der Waals surface area contributed by atoms with Crippen molar-refractivity contribution in [2.45, 2.75) is 32.4 Å². The van der Waals surface area contributed by atoms with Crippen molar-refractivity contribution < 1.29 is 9.53 Å². The minimum atomic E-state index is -0.107. The number of nitrogens with zero attached hydrogens (tertiary/aromatic N) is 1. The van der Waals surface area contributed by atoms with Crippen LogP contribution in [0.2, 0.25) is 0 Å². The molecule has 0 aliphatic carbocycles. The van der Waals surface area contributed by atoms with Gasteiger partial charge < -0.3 is 10.1 Å². The predicted molar refractivity (Wildman–Crippen MR) is 99.7 cm³/mol. The standard InChI is InChI=1S/C21H26N2O2/c1-16(23-14-12-18-5-3-4-6-19(18)15-23)21(24)22-13-11-17-7-9-20(25-2)10-8-17/h3-10,16H,11-15H2,1-2H3,(H,22,24). The number of fused-ring (bicyclic) bond motifs is 1. The van der Waals surface area contributed by atoms with Gasteiger partial charge in [0.05, 0.1) is 13.2 Å². The summed E-state index contributed by atoms with van der Waals surface area (Å²) in [6.07, 6.45) is 1.84. The Morgan fingerprint density at radius 3 is 2.60 bits per heavy atom. The summed E-state index contributed by atoms with van der Waals surface area (Å²) >= 11 is 0. The van der Waals surface area contributed by atoms with Crippen LogP contribution in [0.1, 0.15) is 23.6 Å². The highest BCUT2D eigenvalue weighted by molar-refractivity contribution is 5.81. The van der Waals surface area contributed by atoms with Gasteiger partial charge in [-0.25, -0.2) is 0 Å². The van der Waals surface area contributed by atoms with Crippen LogP contribution in [-0.4, -0.2) is 37.0 Å². The Bertz CT molecular complexity index is 712. The number of ether oxygens (including phenoxy) is 1. The lowest BCUT2D eigenvalue weighted by Crippen LogP contribution is -2.47. The quantitative estimate of drug-likeness (QED) is 0.881. The van der Waals surface area contributed by atoms with Crippen molar-refractivity contribution in [3.63, 3.8) is 0 Å². The summed E-state index contributed by atoms with van der Waals surface area (Å²) in [7, 11) is 1.66. The molecule has 0 radical (unpaired) electrons. The van der Waals surface area contributed by atoms with Gasteiger partial charge in [-0.3, -0.25) is 9.69 Å². The number of carbonyl (C=O) groups is 1. The van der Waals surface area contributed by atoms with E-state index in [4.69, 9.17) is 4.74 Å². The third-order valence-corrected chi connectivity index (χ3v) is 4.96. The van der Waals surface area contributed by atoms with E-state index in [1.54, 1.807) is 7.11 Å². The first-order valence-electron chi connectivity index (χ1n) is 8.89. The van der Waals surface area contributed by atoms with Crippen LogP contribution in [-0.2, 0) is 24.2 Å². The molecular formula is C21H26N2O2. The second-order valence-electron chi connectivity index (χ2n) is 6.55. The van der Waals surface area contributed by atoms with Gasteiger partial charge in [-0.2, -0.15) is 0 Å². The molecule has 0 saturated heterocycles. The Balaban J connectivity index is 1.48. The number of methoxy groups -OCH3 is 1. The average Bonchev–Trinajstić information content (AvgIpc) is 2.67. The summed E-state index contributed by atoms with van der Waals surface area (Å²) in [6, 6.07) is 16.4. The van der Waals surface area contributed by atoms with Crippen LogP contribution in [0.4, 0.5) is 0 Å². The first-order chi connectivity index (χ1) is 12.2. The summed E-state index contributed by atoms with van der Waals surface area (Å²) in [5, 5.41) is 3.07. The maximum absolute atomic E-state index is 12.5. The number of amides is 1. The molecule has 1 N–H and O–H groups in total. The topological polar surface area (TPSA) is 41.6 Å². The smallest absolute Gasteiger partial charge is 0.237 e. The fourth-order valence-electron chi connectivity index (χ4n) is 3.28. The molecule has 25 heavy (non-hydrogen) atoms. The SMILES string of the molecule is COc1ccc(CCNC(=O)C(C)N2CCc3ccccc3C2)cc1. The van der Waals surface area contributed by atoms with Crippen molar-refractivity contribution in [3.05, 3.63) is 65.2 Å². The molecule has 2 aromatic rings. The van der Waals surface area contributed by atoms with Crippen molar-refractivity contribution in [3.8, 4) is 5.75 Å². The number of nitrogens with one attached hydrogen (secondary N) is 1. The van der Waals surface area contributed by atoms with Crippen LogP contribution in [0.15, 0.2) is 48.5 Å². The van der Waals surface area contributed by atoms with Crippen LogP contribution >= 0.6 is 0 Å². The van der Waals surface area contributed by atoms with Crippen LogP contribution in [0.3, 0.4) is 0 Å². The molecule has 0 bridgehead atoms. The molecule has 0 spiro atoms. The first-order valence-corrected chi connectivity index (χ1v) is 8.89. The lowest BCUT2D eigenvalue weighted by atomic mass is 9.99. The molecule has 3 rings (SSSR count). The van der Waals surface area contributed by atoms with Gasteiger partial charge >= 0.3 is 0 Å². The van der Waals surface area contributed by atoms with Gasteiger partial charge in [0, 0.05) is 19.6 Å². The molecule has 0 saturated carbocycles. The Labute approximate surface area is 149 Å². The van der Waals surface area contributed by atoms with Gasteiger partial charge in [0.1, 0.15) is 5.75 Å². The van der Waals surface area contributed by atoms with Crippen molar-refractivity contribution in [2.75, 3.05) is 20.2 Å². The van der Waals surface area contributed by atoms with E-state index in [2.05, 4.69) is 34.5 Å². The van der Waals surface area contributed by atoms with Crippen LogP contribution in [0, 0.1) is 0 Å². The first kappa shape index (κ1) is 17.5. The van der Waals surface area contributed by atoms with Gasteiger partial charge in [-0.15, -0.1) is 0 Å². The van der Waals surface area contributed by atoms with E-state index in [1.165, 1.54) is 16.7 Å². The zero-order valence-corrected chi connectivity index (χ0v) is 15.0. The van der Waals surface area contributed by atoms with Gasteiger partial charge in [0.2, 0.25) is 5.91 Å². The van der Waals surface area contributed by atoms with Gasteiger partial charge in [-0.1, -0.05) is 36.4 Å². The summed E-state index contributed by atoms with van der Waals surface area (Å²) in [4.78, 5) is 14.7. The van der Waals surface area contributed by atoms with E-state index < -0.39 is 0 Å². The van der Waals surface area contributed by atoms with E-state index in [0.717, 1.165) is 31.7 Å². The van der Waals surface area contributed by atoms with Crippen molar-refractivity contribution in [2.24, 2.45) is 0 Å². The summed E-state index contributed by atoms with van der Waals surface area (Å²) in [5.74, 6) is 0.958. The average molecular weight is 338 g/mol. The molecule has 132 valence electrons. The summed E-state index contributed by atoms with van der Waals surface area (Å²) in [5.41, 5.74) is 3.94. The highest BCUT2D eigenvalue weighted by atomic mass is 16.5. The number of benzene rings is 2. The van der Waals surface area contributed by atoms with Crippen molar-refractivity contribution in [1.29, 1.82) is 0 Å². The molecule has 1 aliphatic heterocycles. The van der Waals surface area contributed by atoms with Crippen molar-refractivity contribution >= 4 is 5.91 Å². The molecule has 4 heteroatoms. The number of carbonyl (C=O) groups excluding carboxylic acids is 1. The van der Waals surface area contributed by atoms with Gasteiger partial charge in [0.25, 0.3) is 0 Å². The molecule has 1 amide bonds. The van der Waals surface area contributed by atoms with Gasteiger partial charge in [-0.05, 0) is 48.6 Å². The Hall–Kier alpha value is -2.33. The molecule has 1 atom stereocenters. The maximum atomic E-state index is 12.5. The van der Waals surface area contributed by atoms with E-state index in [-0.39, 0.29) is 11.9 Å². The second kappa shape index (κ2) is 8.17. The fourth-order valence-corrected chi connectivity index (χ4v) is 3.28. The number of hydrogen-bond acceptors (Lipinski definition) is 3. The second-order valence-corrected chi connectivity index (χ2v) is 6.55. The molecule has 1 unspecified atom stereocenters. The van der Waals surface area contributed by atoms with E-state index in [1.807, 2.05) is 31.2 Å². The minimum absolute atomic E-state index is 0.105. The van der Waals surface area contributed by atoms with E-state index in [9.17, 15) is 4.79 Å². The van der Waals surface area contributed by atoms with Gasteiger partial charge in [0.15, 0.2) is 0 Å². The van der Waals surface area contributed by atoms with Crippen LogP contribution in [0.5, 0.6) is 5.75 Å². The minimum Gasteiger partial charge on any atom is -0.497 e. The largest absolute Gasteiger partial charge is 0.497 e.